The Hall–Kier alpha value is -0.570. The molecule has 0 saturated heterocycles. The lowest BCUT2D eigenvalue weighted by molar-refractivity contribution is -0.152. The summed E-state index contributed by atoms with van der Waals surface area (Å²) >= 11 is 0. The highest BCUT2D eigenvalue weighted by Crippen LogP contribution is 2.15. The van der Waals surface area contributed by atoms with Crippen LogP contribution in [-0.4, -0.2) is 23.8 Å². The standard InChI is InChI=1S/C13H26O3/c1-10(2)6-5-7-11(3)8-9-16-13(15)12(4)14/h10-12,14H,5-9H2,1-4H3/t11-,12?/m0/s1. The van der Waals surface area contributed by atoms with Crippen LogP contribution in [0.3, 0.4) is 0 Å². The summed E-state index contributed by atoms with van der Waals surface area (Å²) in [6.45, 7) is 8.49. The highest BCUT2D eigenvalue weighted by molar-refractivity contribution is 5.73. The van der Waals surface area contributed by atoms with Crippen molar-refractivity contribution in [3.05, 3.63) is 0 Å². The SMILES string of the molecule is CC(C)CCC[C@H](C)CCOC(=O)C(C)O. The van der Waals surface area contributed by atoms with E-state index < -0.39 is 12.1 Å². The van der Waals surface area contributed by atoms with Crippen LogP contribution >= 0.6 is 0 Å². The Morgan fingerprint density at radius 1 is 1.12 bits per heavy atom. The number of aliphatic hydroxyl groups is 1. The topological polar surface area (TPSA) is 46.5 Å². The largest absolute Gasteiger partial charge is 0.464 e. The molecule has 0 rings (SSSR count). The zero-order valence-electron chi connectivity index (χ0n) is 11.0. The lowest BCUT2D eigenvalue weighted by Crippen LogP contribution is -2.20. The quantitative estimate of drug-likeness (QED) is 0.652. The summed E-state index contributed by atoms with van der Waals surface area (Å²) in [5.74, 6) is 0.829. The number of rotatable bonds is 8. The molecular weight excluding hydrogens is 204 g/mol. The molecule has 16 heavy (non-hydrogen) atoms. The molecule has 0 fully saturated rings. The van der Waals surface area contributed by atoms with Gasteiger partial charge in [0, 0.05) is 0 Å². The van der Waals surface area contributed by atoms with Crippen molar-refractivity contribution < 1.29 is 14.6 Å². The lowest BCUT2D eigenvalue weighted by Gasteiger charge is -2.13. The van der Waals surface area contributed by atoms with Crippen LogP contribution in [0.15, 0.2) is 0 Å². The van der Waals surface area contributed by atoms with E-state index in [0.717, 1.165) is 12.3 Å². The van der Waals surface area contributed by atoms with Gasteiger partial charge in [-0.25, -0.2) is 4.79 Å². The van der Waals surface area contributed by atoms with Crippen molar-refractivity contribution in [3.8, 4) is 0 Å². The summed E-state index contributed by atoms with van der Waals surface area (Å²) in [5, 5.41) is 8.91. The molecule has 0 aromatic rings. The fourth-order valence-corrected chi connectivity index (χ4v) is 1.50. The van der Waals surface area contributed by atoms with Gasteiger partial charge >= 0.3 is 5.97 Å². The molecule has 2 atom stereocenters. The zero-order valence-corrected chi connectivity index (χ0v) is 11.0. The molecule has 0 saturated carbocycles. The van der Waals surface area contributed by atoms with E-state index in [1.165, 1.54) is 26.2 Å². The number of esters is 1. The summed E-state index contributed by atoms with van der Waals surface area (Å²) in [5.41, 5.74) is 0. The van der Waals surface area contributed by atoms with Crippen molar-refractivity contribution in [2.24, 2.45) is 11.8 Å². The molecule has 0 aliphatic carbocycles. The van der Waals surface area contributed by atoms with E-state index in [2.05, 4.69) is 20.8 Å². The van der Waals surface area contributed by atoms with E-state index in [-0.39, 0.29) is 0 Å². The third-order valence-corrected chi connectivity index (χ3v) is 2.67. The highest BCUT2D eigenvalue weighted by atomic mass is 16.5. The van der Waals surface area contributed by atoms with Gasteiger partial charge in [-0.3, -0.25) is 0 Å². The average molecular weight is 230 g/mol. The lowest BCUT2D eigenvalue weighted by atomic mass is 9.98. The molecule has 3 heteroatoms. The molecule has 0 heterocycles. The Balaban J connectivity index is 3.43. The van der Waals surface area contributed by atoms with Gasteiger partial charge in [0.1, 0.15) is 6.10 Å². The van der Waals surface area contributed by atoms with Crippen LogP contribution in [0.1, 0.15) is 53.4 Å². The molecule has 96 valence electrons. The maximum Gasteiger partial charge on any atom is 0.334 e. The second-order valence-electron chi connectivity index (χ2n) is 5.06. The second kappa shape index (κ2) is 8.57. The van der Waals surface area contributed by atoms with Gasteiger partial charge < -0.3 is 9.84 Å². The van der Waals surface area contributed by atoms with E-state index in [1.54, 1.807) is 0 Å². The van der Waals surface area contributed by atoms with Crippen molar-refractivity contribution in [1.82, 2.24) is 0 Å². The Morgan fingerprint density at radius 3 is 2.25 bits per heavy atom. The molecule has 1 unspecified atom stereocenters. The van der Waals surface area contributed by atoms with Crippen molar-refractivity contribution in [3.63, 3.8) is 0 Å². The first-order valence-corrected chi connectivity index (χ1v) is 6.28. The Bertz CT molecular complexity index is 188. The Morgan fingerprint density at radius 2 is 1.75 bits per heavy atom. The molecule has 0 bridgehead atoms. The van der Waals surface area contributed by atoms with Crippen molar-refractivity contribution >= 4 is 5.97 Å². The summed E-state index contributed by atoms with van der Waals surface area (Å²) in [6, 6.07) is 0. The minimum absolute atomic E-state index is 0.423. The maximum absolute atomic E-state index is 11.0. The van der Waals surface area contributed by atoms with E-state index in [9.17, 15) is 4.79 Å². The summed E-state index contributed by atoms with van der Waals surface area (Å²) in [6.07, 6.45) is 3.57. The van der Waals surface area contributed by atoms with E-state index in [1.807, 2.05) is 0 Å². The molecule has 0 amide bonds. The van der Waals surface area contributed by atoms with E-state index >= 15 is 0 Å². The second-order valence-corrected chi connectivity index (χ2v) is 5.06. The predicted molar refractivity (Wildman–Crippen MR) is 65.1 cm³/mol. The summed E-state index contributed by atoms with van der Waals surface area (Å²) in [4.78, 5) is 11.0. The molecule has 1 N–H and O–H groups in total. The van der Waals surface area contributed by atoms with Crippen LogP contribution in [0.2, 0.25) is 0 Å². The van der Waals surface area contributed by atoms with Gasteiger partial charge in [0.25, 0.3) is 0 Å². The van der Waals surface area contributed by atoms with Crippen LogP contribution in [0.5, 0.6) is 0 Å². The molecular formula is C13H26O3. The number of ether oxygens (including phenoxy) is 1. The van der Waals surface area contributed by atoms with Gasteiger partial charge in [-0.15, -0.1) is 0 Å². The van der Waals surface area contributed by atoms with Crippen molar-refractivity contribution in [1.29, 1.82) is 0 Å². The van der Waals surface area contributed by atoms with Crippen LogP contribution in [0, 0.1) is 11.8 Å². The highest BCUT2D eigenvalue weighted by Gasteiger charge is 2.10. The van der Waals surface area contributed by atoms with Crippen LogP contribution < -0.4 is 0 Å². The first-order chi connectivity index (χ1) is 7.43. The van der Waals surface area contributed by atoms with Crippen molar-refractivity contribution in [2.75, 3.05) is 6.61 Å². The number of carbonyl (C=O) groups is 1. The Kier molecular flexibility index (Phi) is 8.26. The third-order valence-electron chi connectivity index (χ3n) is 2.67. The number of hydrogen-bond donors (Lipinski definition) is 1. The zero-order chi connectivity index (χ0) is 12.6. The number of carbonyl (C=O) groups excluding carboxylic acids is 1. The van der Waals surface area contributed by atoms with Gasteiger partial charge in [0.15, 0.2) is 0 Å². The fourth-order valence-electron chi connectivity index (χ4n) is 1.50. The van der Waals surface area contributed by atoms with Crippen LogP contribution in [-0.2, 0) is 9.53 Å². The average Bonchev–Trinajstić information content (AvgIpc) is 2.16. The molecule has 3 nitrogen and oxygen atoms in total. The molecule has 0 aromatic heterocycles. The fraction of sp³-hybridized carbons (Fsp3) is 0.923. The Labute approximate surface area is 99.2 Å². The first-order valence-electron chi connectivity index (χ1n) is 6.28. The maximum atomic E-state index is 11.0. The summed E-state index contributed by atoms with van der Waals surface area (Å²) < 4.78 is 4.91. The predicted octanol–water partition coefficient (Wildman–Crippen LogP) is 2.76. The minimum atomic E-state index is -1.00. The van der Waals surface area contributed by atoms with Crippen LogP contribution in [0.4, 0.5) is 0 Å². The monoisotopic (exact) mass is 230 g/mol. The number of aliphatic hydroxyl groups excluding tert-OH is 1. The van der Waals surface area contributed by atoms with E-state index in [0.29, 0.717) is 12.5 Å². The third kappa shape index (κ3) is 8.72. The minimum Gasteiger partial charge on any atom is -0.464 e. The van der Waals surface area contributed by atoms with Crippen molar-refractivity contribution in [2.45, 2.75) is 59.5 Å². The summed E-state index contributed by atoms with van der Waals surface area (Å²) in [7, 11) is 0. The van der Waals surface area contributed by atoms with Gasteiger partial charge in [-0.05, 0) is 25.2 Å². The van der Waals surface area contributed by atoms with Gasteiger partial charge in [0.05, 0.1) is 6.61 Å². The van der Waals surface area contributed by atoms with Gasteiger partial charge in [-0.1, -0.05) is 40.0 Å². The van der Waals surface area contributed by atoms with E-state index in [4.69, 9.17) is 9.84 Å². The molecule has 0 radical (unpaired) electrons. The molecule has 0 aromatic carbocycles. The normalized spacial score (nSPS) is 14.9. The smallest absolute Gasteiger partial charge is 0.334 e. The molecule has 0 aliphatic rings. The van der Waals surface area contributed by atoms with Gasteiger partial charge in [-0.2, -0.15) is 0 Å². The molecule has 0 aliphatic heterocycles. The first kappa shape index (κ1) is 15.4. The van der Waals surface area contributed by atoms with Crippen LogP contribution in [0.25, 0.3) is 0 Å². The number of hydrogen-bond acceptors (Lipinski definition) is 3. The molecule has 0 spiro atoms. The van der Waals surface area contributed by atoms with Gasteiger partial charge in [0.2, 0.25) is 0 Å².